The maximum Gasteiger partial charge on any atom is 0.355 e. The third-order valence-corrected chi connectivity index (χ3v) is 3.64. The van der Waals surface area contributed by atoms with Crippen LogP contribution in [0.15, 0.2) is 42.5 Å². The van der Waals surface area contributed by atoms with Gasteiger partial charge in [-0.05, 0) is 24.3 Å². The summed E-state index contributed by atoms with van der Waals surface area (Å²) < 4.78 is 11.9. The number of methoxy groups -OCH3 is 2. The highest BCUT2D eigenvalue weighted by molar-refractivity contribution is 6.33. The van der Waals surface area contributed by atoms with Gasteiger partial charge in [0.25, 0.3) is 0 Å². The predicted octanol–water partition coefficient (Wildman–Crippen LogP) is 3.45. The van der Waals surface area contributed by atoms with E-state index in [9.17, 15) is 4.79 Å². The van der Waals surface area contributed by atoms with Gasteiger partial charge in [0, 0.05) is 0 Å². The van der Waals surface area contributed by atoms with Crippen molar-refractivity contribution >= 4 is 23.1 Å². The second-order valence-electron chi connectivity index (χ2n) is 4.55. The standard InChI is InChI=1S/C16H13ClN2O3/c1-21-13-9-4-3-6-10(13)15-18-14(17)11-7-5-8-12(19(11)15)16(20)22-2/h3-9H,1-2H3. The summed E-state index contributed by atoms with van der Waals surface area (Å²) in [7, 11) is 2.92. The lowest BCUT2D eigenvalue weighted by molar-refractivity contribution is 0.0592. The Labute approximate surface area is 132 Å². The molecule has 0 atom stereocenters. The Kier molecular flexibility index (Phi) is 3.73. The number of fused-ring (bicyclic) bond motifs is 1. The van der Waals surface area contributed by atoms with Crippen LogP contribution >= 0.6 is 11.6 Å². The minimum Gasteiger partial charge on any atom is -0.496 e. The summed E-state index contributed by atoms with van der Waals surface area (Å²) in [5.74, 6) is 0.708. The average molecular weight is 317 g/mol. The first-order valence-electron chi connectivity index (χ1n) is 6.56. The number of rotatable bonds is 3. The molecule has 0 N–H and O–H groups in total. The van der Waals surface area contributed by atoms with Gasteiger partial charge in [-0.1, -0.05) is 29.8 Å². The molecule has 0 saturated carbocycles. The number of esters is 1. The molecule has 0 spiro atoms. The Morgan fingerprint density at radius 1 is 1.14 bits per heavy atom. The van der Waals surface area contributed by atoms with E-state index in [1.807, 2.05) is 24.3 Å². The van der Waals surface area contributed by atoms with Crippen LogP contribution in [0.2, 0.25) is 5.15 Å². The van der Waals surface area contributed by atoms with Crippen molar-refractivity contribution in [3.05, 3.63) is 53.3 Å². The van der Waals surface area contributed by atoms with E-state index in [0.29, 0.717) is 27.9 Å². The van der Waals surface area contributed by atoms with Gasteiger partial charge in [0.2, 0.25) is 0 Å². The normalized spacial score (nSPS) is 10.7. The Bertz CT molecular complexity index is 858. The van der Waals surface area contributed by atoms with E-state index >= 15 is 0 Å². The molecule has 0 fully saturated rings. The van der Waals surface area contributed by atoms with Crippen LogP contribution in [0.5, 0.6) is 5.75 Å². The lowest BCUT2D eigenvalue weighted by atomic mass is 10.2. The molecule has 0 amide bonds. The topological polar surface area (TPSA) is 52.8 Å². The molecule has 3 aromatic rings. The highest BCUT2D eigenvalue weighted by atomic mass is 35.5. The minimum absolute atomic E-state index is 0.312. The molecule has 6 heteroatoms. The molecule has 5 nitrogen and oxygen atoms in total. The first-order chi connectivity index (χ1) is 10.7. The number of imidazole rings is 1. The van der Waals surface area contributed by atoms with E-state index in [1.165, 1.54) is 7.11 Å². The van der Waals surface area contributed by atoms with Crippen LogP contribution in [-0.4, -0.2) is 29.6 Å². The predicted molar refractivity (Wildman–Crippen MR) is 83.5 cm³/mol. The van der Waals surface area contributed by atoms with Gasteiger partial charge in [-0.15, -0.1) is 0 Å². The summed E-state index contributed by atoms with van der Waals surface area (Å²) in [6, 6.07) is 12.6. The monoisotopic (exact) mass is 316 g/mol. The molecular formula is C16H13ClN2O3. The number of pyridine rings is 1. The van der Waals surface area contributed by atoms with Crippen molar-refractivity contribution in [3.63, 3.8) is 0 Å². The average Bonchev–Trinajstić information content (AvgIpc) is 2.91. The van der Waals surface area contributed by atoms with Crippen molar-refractivity contribution in [2.75, 3.05) is 14.2 Å². The molecule has 0 radical (unpaired) electrons. The second-order valence-corrected chi connectivity index (χ2v) is 4.91. The number of aromatic nitrogens is 2. The van der Waals surface area contributed by atoms with Gasteiger partial charge in [-0.2, -0.15) is 0 Å². The van der Waals surface area contributed by atoms with Crippen molar-refractivity contribution in [2.45, 2.75) is 0 Å². The smallest absolute Gasteiger partial charge is 0.355 e. The van der Waals surface area contributed by atoms with Gasteiger partial charge < -0.3 is 9.47 Å². The molecule has 1 aromatic carbocycles. The number of nitrogens with zero attached hydrogens (tertiary/aromatic N) is 2. The van der Waals surface area contributed by atoms with Crippen LogP contribution in [0.1, 0.15) is 10.5 Å². The second kappa shape index (κ2) is 5.69. The molecule has 0 aliphatic carbocycles. The van der Waals surface area contributed by atoms with Crippen LogP contribution in [0, 0.1) is 0 Å². The van der Waals surface area contributed by atoms with E-state index < -0.39 is 5.97 Å². The summed E-state index contributed by atoms with van der Waals surface area (Å²) >= 11 is 6.22. The molecule has 22 heavy (non-hydrogen) atoms. The minimum atomic E-state index is -0.462. The number of carbonyl (C=O) groups excluding carboxylic acids is 1. The van der Waals surface area contributed by atoms with Crippen LogP contribution in [0.3, 0.4) is 0 Å². The molecule has 3 rings (SSSR count). The lowest BCUT2D eigenvalue weighted by Gasteiger charge is -2.10. The third-order valence-electron chi connectivity index (χ3n) is 3.36. The van der Waals surface area contributed by atoms with Gasteiger partial charge in [-0.3, -0.25) is 4.40 Å². The fraction of sp³-hybridized carbons (Fsp3) is 0.125. The third kappa shape index (κ3) is 2.19. The molecule has 0 saturated heterocycles. The zero-order chi connectivity index (χ0) is 15.7. The summed E-state index contributed by atoms with van der Waals surface area (Å²) in [4.78, 5) is 16.4. The summed E-state index contributed by atoms with van der Waals surface area (Å²) in [6.45, 7) is 0. The van der Waals surface area contributed by atoms with Gasteiger partial charge >= 0.3 is 5.97 Å². The fourth-order valence-electron chi connectivity index (χ4n) is 2.37. The van der Waals surface area contributed by atoms with Gasteiger partial charge in [0.1, 0.15) is 11.4 Å². The van der Waals surface area contributed by atoms with E-state index in [-0.39, 0.29) is 0 Å². The SMILES string of the molecule is COC(=O)c1cccc2c(Cl)nc(-c3ccccc3OC)n12. The Morgan fingerprint density at radius 2 is 1.91 bits per heavy atom. The van der Waals surface area contributed by atoms with Crippen molar-refractivity contribution in [3.8, 4) is 17.1 Å². The first-order valence-corrected chi connectivity index (χ1v) is 6.94. The summed E-state index contributed by atoms with van der Waals surface area (Å²) in [5, 5.41) is 0.312. The number of carbonyl (C=O) groups is 1. The number of ether oxygens (including phenoxy) is 2. The number of hydrogen-bond acceptors (Lipinski definition) is 4. The van der Waals surface area contributed by atoms with E-state index in [1.54, 1.807) is 29.7 Å². The summed E-state index contributed by atoms with van der Waals surface area (Å²) in [5.41, 5.74) is 1.72. The zero-order valence-electron chi connectivity index (χ0n) is 12.0. The molecule has 0 aliphatic heterocycles. The van der Waals surface area contributed by atoms with Crippen molar-refractivity contribution in [2.24, 2.45) is 0 Å². The van der Waals surface area contributed by atoms with Crippen LogP contribution in [0.25, 0.3) is 16.9 Å². The molecule has 2 aromatic heterocycles. The molecular weight excluding hydrogens is 304 g/mol. The van der Waals surface area contributed by atoms with Gasteiger partial charge in [0.15, 0.2) is 11.0 Å². The lowest BCUT2D eigenvalue weighted by Crippen LogP contribution is -2.08. The number of halogens is 1. The Morgan fingerprint density at radius 3 is 2.64 bits per heavy atom. The molecule has 112 valence electrons. The summed E-state index contributed by atoms with van der Waals surface area (Å²) in [6.07, 6.45) is 0. The quantitative estimate of drug-likeness (QED) is 0.694. The van der Waals surface area contributed by atoms with E-state index in [4.69, 9.17) is 21.1 Å². The molecule has 0 bridgehead atoms. The zero-order valence-corrected chi connectivity index (χ0v) is 12.8. The fourth-order valence-corrected chi connectivity index (χ4v) is 2.60. The molecule has 0 unspecified atom stereocenters. The van der Waals surface area contributed by atoms with Gasteiger partial charge in [0.05, 0.1) is 25.3 Å². The first kappa shape index (κ1) is 14.4. The van der Waals surface area contributed by atoms with Crippen molar-refractivity contribution < 1.29 is 14.3 Å². The Balaban J connectivity index is 2.37. The number of hydrogen-bond donors (Lipinski definition) is 0. The largest absolute Gasteiger partial charge is 0.496 e. The van der Waals surface area contributed by atoms with E-state index in [2.05, 4.69) is 4.98 Å². The Hall–Kier alpha value is -2.53. The number of para-hydroxylation sites is 1. The van der Waals surface area contributed by atoms with Crippen LogP contribution in [0.4, 0.5) is 0 Å². The maximum atomic E-state index is 12.0. The van der Waals surface area contributed by atoms with Gasteiger partial charge in [-0.25, -0.2) is 9.78 Å². The highest BCUT2D eigenvalue weighted by Gasteiger charge is 2.20. The molecule has 0 aliphatic rings. The van der Waals surface area contributed by atoms with Crippen molar-refractivity contribution in [1.29, 1.82) is 0 Å². The van der Waals surface area contributed by atoms with Crippen LogP contribution in [-0.2, 0) is 4.74 Å². The van der Waals surface area contributed by atoms with Crippen molar-refractivity contribution in [1.82, 2.24) is 9.38 Å². The maximum absolute atomic E-state index is 12.0. The number of benzene rings is 1. The van der Waals surface area contributed by atoms with Crippen LogP contribution < -0.4 is 4.74 Å². The highest BCUT2D eigenvalue weighted by Crippen LogP contribution is 2.33. The van der Waals surface area contributed by atoms with E-state index in [0.717, 1.165) is 5.56 Å². The molecule has 2 heterocycles.